The Morgan fingerprint density at radius 2 is 2.00 bits per heavy atom. The smallest absolute Gasteiger partial charge is 0.326 e. The first-order valence-corrected chi connectivity index (χ1v) is 6.44. The van der Waals surface area contributed by atoms with Crippen molar-refractivity contribution < 1.29 is 14.3 Å². The minimum absolute atomic E-state index is 0.174. The van der Waals surface area contributed by atoms with Crippen molar-refractivity contribution in [3.8, 4) is 0 Å². The molecule has 4 heteroatoms. The van der Waals surface area contributed by atoms with E-state index in [0.717, 1.165) is 25.9 Å². The molecule has 1 atom stereocenters. The number of unbranched alkanes of at least 4 members (excludes halogenated alkanes) is 1. The van der Waals surface area contributed by atoms with Gasteiger partial charge in [0.25, 0.3) is 0 Å². The topological polar surface area (TPSA) is 47.6 Å². The summed E-state index contributed by atoms with van der Waals surface area (Å²) in [6, 6.07) is 0. The lowest BCUT2D eigenvalue weighted by molar-refractivity contribution is -0.150. The van der Waals surface area contributed by atoms with Crippen LogP contribution in [0.25, 0.3) is 0 Å². The van der Waals surface area contributed by atoms with Crippen molar-refractivity contribution in [1.82, 2.24) is 5.32 Å². The number of likely N-dealkylation sites (N-methyl/N-ethyl adjacent to an activating group) is 1. The third-order valence-electron chi connectivity index (χ3n) is 2.80. The van der Waals surface area contributed by atoms with E-state index in [1.807, 2.05) is 27.7 Å². The molecule has 0 aliphatic rings. The predicted octanol–water partition coefficient (Wildman–Crippen LogP) is 2.12. The second-order valence-electron chi connectivity index (χ2n) is 4.68. The van der Waals surface area contributed by atoms with Crippen molar-refractivity contribution in [3.63, 3.8) is 0 Å². The van der Waals surface area contributed by atoms with Gasteiger partial charge in [0.2, 0.25) is 0 Å². The largest absolute Gasteiger partial charge is 0.465 e. The number of hydrogen-bond donors (Lipinski definition) is 1. The summed E-state index contributed by atoms with van der Waals surface area (Å²) in [4.78, 5) is 11.8. The number of carbonyl (C=O) groups is 1. The Balaban J connectivity index is 3.91. The molecule has 0 bridgehead atoms. The number of esters is 1. The van der Waals surface area contributed by atoms with Gasteiger partial charge in [0, 0.05) is 6.61 Å². The summed E-state index contributed by atoms with van der Waals surface area (Å²) in [5.74, 6) is -0.174. The SMILES string of the molecule is CCOC(=O)C(C)(CCCCOC(C)C)NC. The highest BCUT2D eigenvalue weighted by atomic mass is 16.5. The molecular weight excluding hydrogens is 218 g/mol. The van der Waals surface area contributed by atoms with E-state index >= 15 is 0 Å². The van der Waals surface area contributed by atoms with Gasteiger partial charge in [0.1, 0.15) is 5.54 Å². The van der Waals surface area contributed by atoms with Gasteiger partial charge in [-0.15, -0.1) is 0 Å². The quantitative estimate of drug-likeness (QED) is 0.499. The van der Waals surface area contributed by atoms with E-state index in [0.29, 0.717) is 6.61 Å². The van der Waals surface area contributed by atoms with Crippen LogP contribution in [0.3, 0.4) is 0 Å². The zero-order chi connectivity index (χ0) is 13.3. The van der Waals surface area contributed by atoms with E-state index < -0.39 is 5.54 Å². The first-order valence-electron chi connectivity index (χ1n) is 6.44. The first-order chi connectivity index (χ1) is 7.96. The number of ether oxygens (including phenoxy) is 2. The van der Waals surface area contributed by atoms with Crippen LogP contribution in [0.15, 0.2) is 0 Å². The van der Waals surface area contributed by atoms with E-state index in [-0.39, 0.29) is 12.1 Å². The standard InChI is InChI=1S/C13H27NO3/c1-6-16-12(15)13(4,14-5)9-7-8-10-17-11(2)3/h11,14H,6-10H2,1-5H3. The van der Waals surface area contributed by atoms with Gasteiger partial charge < -0.3 is 14.8 Å². The third kappa shape index (κ3) is 6.64. The summed E-state index contributed by atoms with van der Waals surface area (Å²) in [5.41, 5.74) is -0.576. The maximum atomic E-state index is 11.8. The average molecular weight is 245 g/mol. The molecule has 1 unspecified atom stereocenters. The van der Waals surface area contributed by atoms with Crippen LogP contribution in [0.1, 0.15) is 47.0 Å². The molecule has 0 saturated heterocycles. The number of hydrogen-bond acceptors (Lipinski definition) is 4. The normalized spacial score (nSPS) is 14.7. The fourth-order valence-electron chi connectivity index (χ4n) is 1.52. The van der Waals surface area contributed by atoms with Crippen LogP contribution in [-0.4, -0.2) is 37.9 Å². The summed E-state index contributed by atoms with van der Waals surface area (Å²) in [6.45, 7) is 8.93. The van der Waals surface area contributed by atoms with Crippen molar-refractivity contribution in [3.05, 3.63) is 0 Å². The molecule has 0 amide bonds. The summed E-state index contributed by atoms with van der Waals surface area (Å²) in [5, 5.41) is 3.05. The van der Waals surface area contributed by atoms with Crippen LogP contribution in [0, 0.1) is 0 Å². The number of rotatable bonds is 9. The molecule has 1 N–H and O–H groups in total. The van der Waals surface area contributed by atoms with Gasteiger partial charge in [-0.1, -0.05) is 0 Å². The Bertz CT molecular complexity index is 219. The van der Waals surface area contributed by atoms with E-state index in [1.165, 1.54) is 0 Å². The van der Waals surface area contributed by atoms with E-state index in [2.05, 4.69) is 5.32 Å². The lowest BCUT2D eigenvalue weighted by atomic mass is 9.95. The Morgan fingerprint density at radius 3 is 2.47 bits per heavy atom. The van der Waals surface area contributed by atoms with E-state index in [4.69, 9.17) is 9.47 Å². The molecular formula is C13H27NO3. The summed E-state index contributed by atoms with van der Waals surface area (Å²) in [6.07, 6.45) is 2.96. The second kappa shape index (κ2) is 8.48. The predicted molar refractivity (Wildman–Crippen MR) is 69.0 cm³/mol. The zero-order valence-electron chi connectivity index (χ0n) is 11.8. The molecule has 0 spiro atoms. The summed E-state index contributed by atoms with van der Waals surface area (Å²) >= 11 is 0. The molecule has 0 rings (SSSR count). The maximum absolute atomic E-state index is 11.8. The van der Waals surface area contributed by atoms with Gasteiger partial charge in [-0.25, -0.2) is 0 Å². The molecule has 102 valence electrons. The Hall–Kier alpha value is -0.610. The van der Waals surface area contributed by atoms with Crippen LogP contribution in [0.5, 0.6) is 0 Å². The highest BCUT2D eigenvalue weighted by molar-refractivity contribution is 5.80. The van der Waals surface area contributed by atoms with Gasteiger partial charge in [-0.05, 0) is 54.0 Å². The van der Waals surface area contributed by atoms with Crippen LogP contribution in [0.2, 0.25) is 0 Å². The molecule has 0 aromatic rings. The highest BCUT2D eigenvalue weighted by Crippen LogP contribution is 2.15. The molecule has 4 nitrogen and oxygen atoms in total. The first kappa shape index (κ1) is 16.4. The van der Waals surface area contributed by atoms with Crippen LogP contribution in [-0.2, 0) is 14.3 Å². The third-order valence-corrected chi connectivity index (χ3v) is 2.80. The van der Waals surface area contributed by atoms with Crippen molar-refractivity contribution in [1.29, 1.82) is 0 Å². The summed E-state index contributed by atoms with van der Waals surface area (Å²) in [7, 11) is 1.79. The molecule has 0 saturated carbocycles. The monoisotopic (exact) mass is 245 g/mol. The second-order valence-corrected chi connectivity index (χ2v) is 4.68. The van der Waals surface area contributed by atoms with Gasteiger partial charge >= 0.3 is 5.97 Å². The van der Waals surface area contributed by atoms with Gasteiger partial charge in [-0.2, -0.15) is 0 Å². The Kier molecular flexibility index (Phi) is 8.17. The van der Waals surface area contributed by atoms with Crippen molar-refractivity contribution in [2.24, 2.45) is 0 Å². The van der Waals surface area contributed by atoms with Crippen molar-refractivity contribution in [2.75, 3.05) is 20.3 Å². The van der Waals surface area contributed by atoms with Crippen LogP contribution in [0.4, 0.5) is 0 Å². The fraction of sp³-hybridized carbons (Fsp3) is 0.923. The average Bonchev–Trinajstić information content (AvgIpc) is 2.28. The molecule has 0 radical (unpaired) electrons. The van der Waals surface area contributed by atoms with Crippen molar-refractivity contribution in [2.45, 2.75) is 58.6 Å². The highest BCUT2D eigenvalue weighted by Gasteiger charge is 2.32. The van der Waals surface area contributed by atoms with E-state index in [9.17, 15) is 4.79 Å². The Morgan fingerprint density at radius 1 is 1.35 bits per heavy atom. The molecule has 0 aromatic heterocycles. The van der Waals surface area contributed by atoms with Crippen LogP contribution < -0.4 is 5.32 Å². The number of carbonyl (C=O) groups excluding carboxylic acids is 1. The molecule has 0 aliphatic heterocycles. The van der Waals surface area contributed by atoms with Gasteiger partial charge in [0.05, 0.1) is 12.7 Å². The molecule has 0 aromatic carbocycles. The number of nitrogens with one attached hydrogen (secondary N) is 1. The van der Waals surface area contributed by atoms with E-state index in [1.54, 1.807) is 7.05 Å². The molecule has 0 fully saturated rings. The maximum Gasteiger partial charge on any atom is 0.326 e. The summed E-state index contributed by atoms with van der Waals surface area (Å²) < 4.78 is 10.5. The minimum Gasteiger partial charge on any atom is -0.465 e. The zero-order valence-corrected chi connectivity index (χ0v) is 11.8. The lowest BCUT2D eigenvalue weighted by Gasteiger charge is -2.26. The van der Waals surface area contributed by atoms with Crippen molar-refractivity contribution >= 4 is 5.97 Å². The lowest BCUT2D eigenvalue weighted by Crippen LogP contribution is -2.48. The Labute approximate surface area is 105 Å². The fourth-order valence-corrected chi connectivity index (χ4v) is 1.52. The molecule has 17 heavy (non-hydrogen) atoms. The minimum atomic E-state index is -0.576. The van der Waals surface area contributed by atoms with Crippen LogP contribution >= 0.6 is 0 Å². The van der Waals surface area contributed by atoms with Gasteiger partial charge in [0.15, 0.2) is 0 Å². The van der Waals surface area contributed by atoms with Gasteiger partial charge in [-0.3, -0.25) is 4.79 Å². The molecule has 0 heterocycles. The molecule has 0 aliphatic carbocycles.